The van der Waals surface area contributed by atoms with Crippen LogP contribution in [0.15, 0.2) is 46.9 Å². The zero-order valence-corrected chi connectivity index (χ0v) is 12.7. The Morgan fingerprint density at radius 1 is 1.10 bits per heavy atom. The molecule has 2 N–H and O–H groups in total. The number of carbonyl (C=O) groups excluding carboxylic acids is 1. The summed E-state index contributed by atoms with van der Waals surface area (Å²) >= 11 is 3.37. The Bertz CT molecular complexity index is 662. The van der Waals surface area contributed by atoms with Crippen LogP contribution in [0, 0.1) is 0 Å². The summed E-state index contributed by atoms with van der Waals surface area (Å²) in [5.41, 5.74) is 9.11. The van der Waals surface area contributed by atoms with E-state index in [1.807, 2.05) is 18.2 Å². The van der Waals surface area contributed by atoms with E-state index >= 15 is 0 Å². The van der Waals surface area contributed by atoms with Gasteiger partial charge in [0.25, 0.3) is 0 Å². The third-order valence-corrected chi connectivity index (χ3v) is 4.67. The van der Waals surface area contributed by atoms with E-state index in [0.29, 0.717) is 17.2 Å². The molecule has 0 spiro atoms. The van der Waals surface area contributed by atoms with E-state index in [0.717, 1.165) is 10.0 Å². The van der Waals surface area contributed by atoms with Crippen LogP contribution in [0.3, 0.4) is 0 Å². The highest BCUT2D eigenvalue weighted by atomic mass is 79.9. The predicted octanol–water partition coefficient (Wildman–Crippen LogP) is 4.53. The Balaban J connectivity index is 1.91. The van der Waals surface area contributed by atoms with Crippen molar-refractivity contribution in [3.63, 3.8) is 0 Å². The van der Waals surface area contributed by atoms with Gasteiger partial charge in [-0.3, -0.25) is 4.79 Å². The molecule has 0 aromatic heterocycles. The molecule has 0 atom stereocenters. The number of rotatable bonds is 3. The van der Waals surface area contributed by atoms with Gasteiger partial charge in [-0.25, -0.2) is 0 Å². The Morgan fingerprint density at radius 3 is 2.50 bits per heavy atom. The highest BCUT2D eigenvalue weighted by molar-refractivity contribution is 9.10. The van der Waals surface area contributed by atoms with Crippen LogP contribution < -0.4 is 5.73 Å². The number of anilines is 1. The lowest BCUT2D eigenvalue weighted by Crippen LogP contribution is -2.10. The van der Waals surface area contributed by atoms with E-state index in [2.05, 4.69) is 22.0 Å². The molecular weight excluding hydrogens is 314 g/mol. The molecule has 2 nitrogen and oxygen atoms in total. The molecule has 2 aromatic rings. The second-order valence-electron chi connectivity index (χ2n) is 5.32. The van der Waals surface area contributed by atoms with E-state index in [4.69, 9.17) is 5.73 Å². The maximum Gasteiger partial charge on any atom is 0.193 e. The monoisotopic (exact) mass is 329 g/mol. The summed E-state index contributed by atoms with van der Waals surface area (Å²) < 4.78 is 0.762. The molecule has 102 valence electrons. The molecule has 0 radical (unpaired) electrons. The number of carbonyl (C=O) groups is 1. The fourth-order valence-corrected chi connectivity index (χ4v) is 2.89. The van der Waals surface area contributed by atoms with Crippen molar-refractivity contribution in [1.29, 1.82) is 0 Å². The number of ketones is 1. The number of halogens is 1. The standard InChI is InChI=1S/C17H16BrNO/c18-15-10-14(7-8-16(15)19)17(20)13-6-2-5-12(9-13)11-3-1-4-11/h2,5-11H,1,3-4,19H2. The average molecular weight is 330 g/mol. The molecule has 20 heavy (non-hydrogen) atoms. The van der Waals surface area contributed by atoms with Crippen molar-refractivity contribution in [1.82, 2.24) is 0 Å². The van der Waals surface area contributed by atoms with E-state index in [1.165, 1.54) is 24.8 Å². The number of nitrogen functional groups attached to an aromatic ring is 1. The minimum Gasteiger partial charge on any atom is -0.398 e. The number of benzene rings is 2. The molecule has 1 aliphatic rings. The fraction of sp³-hybridized carbons (Fsp3) is 0.235. The zero-order valence-electron chi connectivity index (χ0n) is 11.1. The predicted molar refractivity (Wildman–Crippen MR) is 85.0 cm³/mol. The molecular formula is C17H16BrNO. The van der Waals surface area contributed by atoms with Gasteiger partial charge in [-0.2, -0.15) is 0 Å². The Hall–Kier alpha value is -1.61. The van der Waals surface area contributed by atoms with Crippen molar-refractivity contribution in [3.05, 3.63) is 63.6 Å². The Morgan fingerprint density at radius 2 is 1.85 bits per heavy atom. The molecule has 1 aliphatic carbocycles. The third kappa shape index (κ3) is 2.50. The van der Waals surface area contributed by atoms with E-state index < -0.39 is 0 Å². The van der Waals surface area contributed by atoms with Crippen LogP contribution in [0.5, 0.6) is 0 Å². The van der Waals surface area contributed by atoms with Gasteiger partial charge in [-0.1, -0.05) is 24.6 Å². The summed E-state index contributed by atoms with van der Waals surface area (Å²) in [5, 5.41) is 0. The van der Waals surface area contributed by atoms with E-state index in [-0.39, 0.29) is 5.78 Å². The van der Waals surface area contributed by atoms with Gasteiger partial charge in [0, 0.05) is 21.3 Å². The van der Waals surface area contributed by atoms with Gasteiger partial charge in [0.15, 0.2) is 5.78 Å². The zero-order chi connectivity index (χ0) is 14.1. The molecule has 0 saturated heterocycles. The lowest BCUT2D eigenvalue weighted by molar-refractivity contribution is 0.103. The first-order chi connectivity index (χ1) is 9.65. The summed E-state index contributed by atoms with van der Waals surface area (Å²) in [5.74, 6) is 0.688. The summed E-state index contributed by atoms with van der Waals surface area (Å²) in [6, 6.07) is 13.3. The highest BCUT2D eigenvalue weighted by Crippen LogP contribution is 2.36. The Labute approximate surface area is 127 Å². The molecule has 3 rings (SSSR count). The molecule has 3 heteroatoms. The molecule has 0 amide bonds. The van der Waals surface area contributed by atoms with Crippen molar-refractivity contribution < 1.29 is 4.79 Å². The van der Waals surface area contributed by atoms with Crippen LogP contribution in [0.4, 0.5) is 5.69 Å². The number of hydrogen-bond acceptors (Lipinski definition) is 2. The van der Waals surface area contributed by atoms with E-state index in [1.54, 1.807) is 18.2 Å². The largest absolute Gasteiger partial charge is 0.398 e. The van der Waals surface area contributed by atoms with Crippen LogP contribution in [0.1, 0.15) is 46.7 Å². The number of hydrogen-bond donors (Lipinski definition) is 1. The maximum absolute atomic E-state index is 12.5. The topological polar surface area (TPSA) is 43.1 Å². The molecule has 2 aromatic carbocycles. The number of nitrogens with two attached hydrogens (primary N) is 1. The highest BCUT2D eigenvalue weighted by Gasteiger charge is 2.20. The fourth-order valence-electron chi connectivity index (χ4n) is 2.51. The smallest absolute Gasteiger partial charge is 0.193 e. The first-order valence-electron chi connectivity index (χ1n) is 6.85. The van der Waals surface area contributed by atoms with Crippen molar-refractivity contribution in [2.75, 3.05) is 5.73 Å². The van der Waals surface area contributed by atoms with Gasteiger partial charge < -0.3 is 5.73 Å². The van der Waals surface area contributed by atoms with Gasteiger partial charge in [0.1, 0.15) is 0 Å². The second kappa shape index (κ2) is 5.41. The van der Waals surface area contributed by atoms with Gasteiger partial charge in [0.05, 0.1) is 0 Å². The van der Waals surface area contributed by atoms with Gasteiger partial charge in [-0.15, -0.1) is 0 Å². The SMILES string of the molecule is Nc1ccc(C(=O)c2cccc(C3CCC3)c2)cc1Br. The van der Waals surface area contributed by atoms with Crippen LogP contribution >= 0.6 is 15.9 Å². The summed E-state index contributed by atoms with van der Waals surface area (Å²) in [7, 11) is 0. The van der Waals surface area contributed by atoms with Gasteiger partial charge in [0.2, 0.25) is 0 Å². The van der Waals surface area contributed by atoms with Crippen LogP contribution in [0.25, 0.3) is 0 Å². The van der Waals surface area contributed by atoms with Crippen LogP contribution in [-0.2, 0) is 0 Å². The minimum atomic E-state index is 0.0480. The summed E-state index contributed by atoms with van der Waals surface area (Å²) in [6.45, 7) is 0. The van der Waals surface area contributed by atoms with Crippen molar-refractivity contribution in [2.45, 2.75) is 25.2 Å². The van der Waals surface area contributed by atoms with Crippen LogP contribution in [0.2, 0.25) is 0 Å². The maximum atomic E-state index is 12.5. The second-order valence-corrected chi connectivity index (χ2v) is 6.17. The molecule has 1 fully saturated rings. The average Bonchev–Trinajstić information content (AvgIpc) is 2.39. The van der Waals surface area contributed by atoms with Crippen molar-refractivity contribution in [2.24, 2.45) is 0 Å². The lowest BCUT2D eigenvalue weighted by atomic mass is 9.79. The minimum absolute atomic E-state index is 0.0480. The van der Waals surface area contributed by atoms with E-state index in [9.17, 15) is 4.79 Å². The summed E-state index contributed by atoms with van der Waals surface area (Å²) in [6.07, 6.45) is 3.78. The van der Waals surface area contributed by atoms with Gasteiger partial charge >= 0.3 is 0 Å². The normalized spacial score (nSPS) is 14.8. The quantitative estimate of drug-likeness (QED) is 0.664. The molecule has 1 saturated carbocycles. The third-order valence-electron chi connectivity index (χ3n) is 3.99. The summed E-state index contributed by atoms with van der Waals surface area (Å²) in [4.78, 5) is 12.5. The van der Waals surface area contributed by atoms with Crippen LogP contribution in [-0.4, -0.2) is 5.78 Å². The molecule has 0 heterocycles. The molecule has 0 bridgehead atoms. The van der Waals surface area contributed by atoms with Crippen molar-refractivity contribution in [3.8, 4) is 0 Å². The Kier molecular flexibility index (Phi) is 3.62. The lowest BCUT2D eigenvalue weighted by Gasteiger charge is -2.26. The molecule has 0 unspecified atom stereocenters. The van der Waals surface area contributed by atoms with Crippen molar-refractivity contribution >= 4 is 27.4 Å². The first kappa shape index (κ1) is 13.4. The first-order valence-corrected chi connectivity index (χ1v) is 7.64. The van der Waals surface area contributed by atoms with Gasteiger partial charge in [-0.05, 0) is 64.5 Å². The molecule has 0 aliphatic heterocycles.